The number of ether oxygens (including phenoxy) is 1. The van der Waals surface area contributed by atoms with Gasteiger partial charge in [0.15, 0.2) is 5.69 Å². The van der Waals surface area contributed by atoms with Gasteiger partial charge < -0.3 is 20.5 Å². The monoisotopic (exact) mass is 434 g/mol. The smallest absolute Gasteiger partial charge is 0.358 e. The molecule has 3 aromatic rings. The minimum Gasteiger partial charge on any atom is -0.492 e. The number of nitrogens with zero attached hydrogens (tertiary/aromatic N) is 3. The van der Waals surface area contributed by atoms with Crippen LogP contribution in [0.5, 0.6) is 5.75 Å². The van der Waals surface area contributed by atoms with E-state index in [1.807, 2.05) is 36.4 Å². The summed E-state index contributed by atoms with van der Waals surface area (Å²) in [6.07, 6.45) is 2.27. The van der Waals surface area contributed by atoms with Crippen molar-refractivity contribution in [2.45, 2.75) is 6.42 Å². The Kier molecular flexibility index (Phi) is 7.27. The molecule has 0 radical (unpaired) electrons. The lowest BCUT2D eigenvalue weighted by Gasteiger charge is -2.24. The standard InChI is InChI=1S/C24H27N5O3/c30-24(31)23-22(9-10-26-28-23)27-20-5-1-18(2-6-20)17-19-3-7-21(8-4-19)32-16-15-29-13-11-25-12-14-29/h1-10,25H,11-17H2,(H,26,27)(H,30,31)/p+1. The molecular weight excluding hydrogens is 406 g/mol. The summed E-state index contributed by atoms with van der Waals surface area (Å²) in [4.78, 5) is 13.7. The first-order chi connectivity index (χ1) is 15.7. The fourth-order valence-corrected chi connectivity index (χ4v) is 3.71. The van der Waals surface area contributed by atoms with E-state index in [4.69, 9.17) is 4.74 Å². The molecule has 166 valence electrons. The van der Waals surface area contributed by atoms with Gasteiger partial charge in [-0.2, -0.15) is 5.10 Å². The highest BCUT2D eigenvalue weighted by Gasteiger charge is 2.12. The molecule has 1 saturated heterocycles. The van der Waals surface area contributed by atoms with Crippen molar-refractivity contribution in [3.8, 4) is 5.75 Å². The van der Waals surface area contributed by atoms with Gasteiger partial charge in [0.2, 0.25) is 0 Å². The van der Waals surface area contributed by atoms with Crippen molar-refractivity contribution in [1.82, 2.24) is 15.1 Å². The molecule has 1 aliphatic heterocycles. The fourth-order valence-electron chi connectivity index (χ4n) is 3.71. The van der Waals surface area contributed by atoms with Crippen LogP contribution in [0.15, 0.2) is 60.8 Å². The molecular formula is C24H28N5O3+. The molecule has 0 unspecified atom stereocenters. The minimum absolute atomic E-state index is 0.103. The first kappa shape index (κ1) is 21.7. The molecule has 0 atom stereocenters. The number of rotatable bonds is 9. The van der Waals surface area contributed by atoms with E-state index in [1.165, 1.54) is 24.8 Å². The summed E-state index contributed by atoms with van der Waals surface area (Å²) in [5.74, 6) is -0.216. The number of anilines is 2. The van der Waals surface area contributed by atoms with Crippen molar-refractivity contribution in [2.75, 3.05) is 44.6 Å². The molecule has 4 rings (SSSR count). The van der Waals surface area contributed by atoms with Gasteiger partial charge in [0, 0.05) is 25.3 Å². The topological polar surface area (TPSA) is 104 Å². The molecule has 2 aromatic carbocycles. The maximum atomic E-state index is 11.3. The number of benzene rings is 2. The number of quaternary nitrogens is 1. The number of carbonyl (C=O) groups is 1. The van der Waals surface area contributed by atoms with E-state index in [9.17, 15) is 9.90 Å². The molecule has 0 amide bonds. The summed E-state index contributed by atoms with van der Waals surface area (Å²) in [6, 6.07) is 17.7. The second-order valence-corrected chi connectivity index (χ2v) is 7.80. The molecule has 8 nitrogen and oxygen atoms in total. The average molecular weight is 435 g/mol. The largest absolute Gasteiger partial charge is 0.492 e. The molecule has 1 aromatic heterocycles. The second kappa shape index (κ2) is 10.7. The van der Waals surface area contributed by atoms with Crippen LogP contribution in [0.3, 0.4) is 0 Å². The first-order valence-corrected chi connectivity index (χ1v) is 10.8. The highest BCUT2D eigenvalue weighted by molar-refractivity contribution is 5.92. The van der Waals surface area contributed by atoms with Gasteiger partial charge in [-0.1, -0.05) is 24.3 Å². The number of nitrogens with one attached hydrogen (secondary N) is 1. The zero-order valence-corrected chi connectivity index (χ0v) is 17.9. The lowest BCUT2D eigenvalue weighted by molar-refractivity contribution is -0.663. The van der Waals surface area contributed by atoms with E-state index in [-0.39, 0.29) is 5.69 Å². The SMILES string of the molecule is O=C(O)c1nnccc1Nc1ccc(Cc2ccc(OCCN3CC[NH2+]CC3)cc2)cc1. The zero-order chi connectivity index (χ0) is 22.2. The number of piperazine rings is 1. The van der Waals surface area contributed by atoms with Crippen molar-refractivity contribution in [2.24, 2.45) is 0 Å². The Morgan fingerprint density at radius 1 is 1.03 bits per heavy atom. The highest BCUT2D eigenvalue weighted by atomic mass is 16.5. The molecule has 1 aliphatic rings. The van der Waals surface area contributed by atoms with Crippen molar-refractivity contribution in [3.63, 3.8) is 0 Å². The van der Waals surface area contributed by atoms with Crippen LogP contribution in [-0.4, -0.2) is 65.5 Å². The van der Waals surface area contributed by atoms with Crippen LogP contribution in [0.2, 0.25) is 0 Å². The third kappa shape index (κ3) is 6.03. The van der Waals surface area contributed by atoms with Crippen LogP contribution >= 0.6 is 0 Å². The van der Waals surface area contributed by atoms with Gasteiger partial charge in [-0.25, -0.2) is 4.79 Å². The quantitative estimate of drug-likeness (QED) is 0.471. The van der Waals surface area contributed by atoms with Gasteiger partial charge in [-0.15, -0.1) is 5.10 Å². The predicted octanol–water partition coefficient (Wildman–Crippen LogP) is 1.77. The van der Waals surface area contributed by atoms with Crippen LogP contribution in [-0.2, 0) is 6.42 Å². The Morgan fingerprint density at radius 2 is 1.72 bits per heavy atom. The van der Waals surface area contributed by atoms with Gasteiger partial charge in [-0.3, -0.25) is 4.90 Å². The van der Waals surface area contributed by atoms with Crippen LogP contribution in [0.25, 0.3) is 0 Å². The molecule has 0 aliphatic carbocycles. The average Bonchev–Trinajstić information content (AvgIpc) is 2.82. The lowest BCUT2D eigenvalue weighted by atomic mass is 10.0. The second-order valence-electron chi connectivity index (χ2n) is 7.80. The number of carboxylic acid groups (broad SMARTS) is 1. The number of aromatic nitrogens is 2. The Balaban J connectivity index is 1.28. The van der Waals surface area contributed by atoms with Crippen LogP contribution in [0.4, 0.5) is 11.4 Å². The minimum atomic E-state index is -1.12. The molecule has 4 N–H and O–H groups in total. The Hall–Kier alpha value is -3.49. The molecule has 0 saturated carbocycles. The van der Waals surface area contributed by atoms with E-state index < -0.39 is 5.97 Å². The van der Waals surface area contributed by atoms with E-state index in [0.717, 1.165) is 43.1 Å². The van der Waals surface area contributed by atoms with Crippen LogP contribution in [0, 0.1) is 0 Å². The van der Waals surface area contributed by atoms with E-state index in [0.29, 0.717) is 12.3 Å². The number of hydrogen-bond donors (Lipinski definition) is 3. The Labute approximate surface area is 187 Å². The Morgan fingerprint density at radius 3 is 2.41 bits per heavy atom. The summed E-state index contributed by atoms with van der Waals surface area (Å²) < 4.78 is 5.90. The molecule has 8 heteroatoms. The first-order valence-electron chi connectivity index (χ1n) is 10.8. The number of aromatic carboxylic acids is 1. The molecule has 1 fully saturated rings. The van der Waals surface area contributed by atoms with E-state index in [2.05, 4.69) is 37.9 Å². The molecule has 0 spiro atoms. The van der Waals surface area contributed by atoms with Crippen molar-refractivity contribution >= 4 is 17.3 Å². The van der Waals surface area contributed by atoms with E-state index in [1.54, 1.807) is 6.07 Å². The summed E-state index contributed by atoms with van der Waals surface area (Å²) >= 11 is 0. The van der Waals surface area contributed by atoms with E-state index >= 15 is 0 Å². The molecule has 32 heavy (non-hydrogen) atoms. The van der Waals surface area contributed by atoms with Crippen LogP contribution in [0.1, 0.15) is 21.6 Å². The third-order valence-electron chi connectivity index (χ3n) is 5.46. The van der Waals surface area contributed by atoms with Gasteiger partial charge >= 0.3 is 5.97 Å². The number of nitrogens with two attached hydrogens (primary N) is 1. The third-order valence-corrected chi connectivity index (χ3v) is 5.46. The van der Waals surface area contributed by atoms with Crippen molar-refractivity contribution < 1.29 is 20.0 Å². The predicted molar refractivity (Wildman–Crippen MR) is 122 cm³/mol. The summed E-state index contributed by atoms with van der Waals surface area (Å²) in [6.45, 7) is 6.31. The van der Waals surface area contributed by atoms with Gasteiger partial charge in [-0.05, 0) is 47.9 Å². The van der Waals surface area contributed by atoms with Gasteiger partial charge in [0.05, 0.1) is 25.0 Å². The molecule has 2 heterocycles. The zero-order valence-electron chi connectivity index (χ0n) is 17.9. The van der Waals surface area contributed by atoms with Crippen molar-refractivity contribution in [1.29, 1.82) is 0 Å². The summed E-state index contributed by atoms with van der Waals surface area (Å²) in [5, 5.41) is 22.0. The van der Waals surface area contributed by atoms with Gasteiger partial charge in [0.25, 0.3) is 0 Å². The summed E-state index contributed by atoms with van der Waals surface area (Å²) in [5.41, 5.74) is 3.47. The summed E-state index contributed by atoms with van der Waals surface area (Å²) in [7, 11) is 0. The van der Waals surface area contributed by atoms with Crippen molar-refractivity contribution in [3.05, 3.63) is 77.6 Å². The fraction of sp³-hybridized carbons (Fsp3) is 0.292. The highest BCUT2D eigenvalue weighted by Crippen LogP contribution is 2.21. The number of hydrogen-bond acceptors (Lipinski definition) is 6. The maximum absolute atomic E-state index is 11.3. The normalized spacial score (nSPS) is 14.1. The number of carboxylic acids is 1. The van der Waals surface area contributed by atoms with Crippen LogP contribution < -0.4 is 15.4 Å². The Bertz CT molecular complexity index is 1020. The lowest BCUT2D eigenvalue weighted by Crippen LogP contribution is -2.89. The van der Waals surface area contributed by atoms with Gasteiger partial charge in [0.1, 0.15) is 12.4 Å². The maximum Gasteiger partial charge on any atom is 0.358 e. The molecule has 0 bridgehead atoms.